The zero-order valence-electron chi connectivity index (χ0n) is 6.63. The lowest BCUT2D eigenvalue weighted by molar-refractivity contribution is 0.160. The van der Waals surface area contributed by atoms with Crippen molar-refractivity contribution >= 4 is 0 Å². The van der Waals surface area contributed by atoms with Crippen LogP contribution in [0.25, 0.3) is 0 Å². The van der Waals surface area contributed by atoms with Crippen molar-refractivity contribution < 1.29 is 14.7 Å². The summed E-state index contributed by atoms with van der Waals surface area (Å²) >= 11 is 0. The third-order valence-corrected chi connectivity index (χ3v) is 1.56. The number of nitrogens with one attached hydrogen (secondary N) is 1. The summed E-state index contributed by atoms with van der Waals surface area (Å²) < 4.78 is 12.8. The summed E-state index contributed by atoms with van der Waals surface area (Å²) in [5.74, 6) is -1.08. The van der Waals surface area contributed by atoms with Gasteiger partial charge < -0.3 is 10.3 Å². The lowest BCUT2D eigenvalue weighted by Crippen LogP contribution is -2.06. The molecule has 0 saturated carbocycles. The van der Waals surface area contributed by atoms with Crippen molar-refractivity contribution in [2.45, 2.75) is 13.5 Å². The number of hydroxylamine groups is 1. The second-order valence-electron chi connectivity index (χ2n) is 2.59. The third-order valence-electron chi connectivity index (χ3n) is 1.56. The minimum Gasteiger partial charge on any atom is -0.505 e. The quantitative estimate of drug-likeness (QED) is 0.588. The van der Waals surface area contributed by atoms with Crippen molar-refractivity contribution in [2.75, 3.05) is 0 Å². The molecular formula is C8H10FNO2. The van der Waals surface area contributed by atoms with Gasteiger partial charge in [-0.15, -0.1) is 0 Å². The van der Waals surface area contributed by atoms with Crippen LogP contribution in [0, 0.1) is 12.7 Å². The number of hydrogen-bond acceptors (Lipinski definition) is 3. The maximum atomic E-state index is 12.8. The highest BCUT2D eigenvalue weighted by Crippen LogP contribution is 2.22. The summed E-state index contributed by atoms with van der Waals surface area (Å²) in [4.78, 5) is 0. The van der Waals surface area contributed by atoms with Crippen LogP contribution in [-0.4, -0.2) is 10.3 Å². The summed E-state index contributed by atoms with van der Waals surface area (Å²) in [5, 5.41) is 17.5. The van der Waals surface area contributed by atoms with Gasteiger partial charge in [0.1, 0.15) is 0 Å². The van der Waals surface area contributed by atoms with E-state index in [9.17, 15) is 4.39 Å². The fraction of sp³-hybridized carbons (Fsp3) is 0.250. The normalized spacial score (nSPS) is 10.2. The Morgan fingerprint density at radius 3 is 2.75 bits per heavy atom. The zero-order valence-corrected chi connectivity index (χ0v) is 6.63. The first-order valence-electron chi connectivity index (χ1n) is 3.50. The summed E-state index contributed by atoms with van der Waals surface area (Å²) in [7, 11) is 0. The van der Waals surface area contributed by atoms with Gasteiger partial charge in [0.25, 0.3) is 0 Å². The Morgan fingerprint density at radius 1 is 1.50 bits per heavy atom. The Bertz CT molecular complexity index is 289. The Balaban J connectivity index is 3.09. The third kappa shape index (κ3) is 1.72. The second kappa shape index (κ2) is 3.51. The van der Waals surface area contributed by atoms with E-state index in [1.54, 1.807) is 13.0 Å². The first-order chi connectivity index (χ1) is 5.65. The van der Waals surface area contributed by atoms with Crippen molar-refractivity contribution in [3.8, 4) is 5.75 Å². The number of aryl methyl sites for hydroxylation is 1. The van der Waals surface area contributed by atoms with Gasteiger partial charge in [-0.05, 0) is 18.6 Å². The molecule has 0 amide bonds. The predicted octanol–water partition coefficient (Wildman–Crippen LogP) is 1.32. The molecule has 4 heteroatoms. The van der Waals surface area contributed by atoms with Gasteiger partial charge in [0.2, 0.25) is 0 Å². The topological polar surface area (TPSA) is 52.5 Å². The van der Waals surface area contributed by atoms with Crippen LogP contribution in [0.15, 0.2) is 12.1 Å². The average Bonchev–Trinajstić information content (AvgIpc) is 2.00. The van der Waals surface area contributed by atoms with E-state index in [-0.39, 0.29) is 6.54 Å². The van der Waals surface area contributed by atoms with Crippen molar-refractivity contribution in [1.29, 1.82) is 0 Å². The van der Waals surface area contributed by atoms with Crippen molar-refractivity contribution in [2.24, 2.45) is 0 Å². The molecular weight excluding hydrogens is 161 g/mol. The molecule has 0 fully saturated rings. The van der Waals surface area contributed by atoms with Crippen LogP contribution in [0.3, 0.4) is 0 Å². The highest BCUT2D eigenvalue weighted by atomic mass is 19.1. The average molecular weight is 171 g/mol. The molecule has 66 valence electrons. The van der Waals surface area contributed by atoms with Crippen LogP contribution >= 0.6 is 0 Å². The maximum absolute atomic E-state index is 12.8. The maximum Gasteiger partial charge on any atom is 0.165 e. The molecule has 3 N–H and O–H groups in total. The summed E-state index contributed by atoms with van der Waals surface area (Å²) in [6.07, 6.45) is 0. The monoisotopic (exact) mass is 171 g/mol. The number of hydrogen-bond donors (Lipinski definition) is 3. The van der Waals surface area contributed by atoms with Gasteiger partial charge in [-0.25, -0.2) is 9.87 Å². The van der Waals surface area contributed by atoms with Gasteiger partial charge in [-0.2, -0.15) is 0 Å². The van der Waals surface area contributed by atoms with Crippen molar-refractivity contribution in [1.82, 2.24) is 5.48 Å². The van der Waals surface area contributed by atoms with E-state index < -0.39 is 11.6 Å². The second-order valence-corrected chi connectivity index (χ2v) is 2.59. The van der Waals surface area contributed by atoms with Crippen LogP contribution in [-0.2, 0) is 6.54 Å². The lowest BCUT2D eigenvalue weighted by atomic mass is 10.1. The molecule has 0 radical (unpaired) electrons. The summed E-state index contributed by atoms with van der Waals surface area (Å²) in [6.45, 7) is 1.74. The first kappa shape index (κ1) is 8.96. The molecule has 0 aliphatic heterocycles. The predicted molar refractivity (Wildman–Crippen MR) is 41.4 cm³/mol. The van der Waals surface area contributed by atoms with E-state index >= 15 is 0 Å². The van der Waals surface area contributed by atoms with Crippen LogP contribution in [0.2, 0.25) is 0 Å². The van der Waals surface area contributed by atoms with E-state index in [1.165, 1.54) is 6.07 Å². The van der Waals surface area contributed by atoms with Crippen LogP contribution in [0.5, 0.6) is 5.75 Å². The molecule has 0 aliphatic rings. The number of halogens is 1. The van der Waals surface area contributed by atoms with Crippen molar-refractivity contribution in [3.05, 3.63) is 29.1 Å². The van der Waals surface area contributed by atoms with Gasteiger partial charge in [0, 0.05) is 12.1 Å². The molecule has 1 rings (SSSR count). The molecule has 0 aromatic heterocycles. The molecule has 0 heterocycles. The molecule has 0 saturated heterocycles. The van der Waals surface area contributed by atoms with Gasteiger partial charge >= 0.3 is 0 Å². The summed E-state index contributed by atoms with van der Waals surface area (Å²) in [6, 6.07) is 2.83. The number of rotatable bonds is 2. The smallest absolute Gasteiger partial charge is 0.165 e. The van der Waals surface area contributed by atoms with E-state index in [4.69, 9.17) is 10.3 Å². The van der Waals surface area contributed by atoms with Crippen LogP contribution < -0.4 is 5.48 Å². The first-order valence-corrected chi connectivity index (χ1v) is 3.50. The molecule has 0 atom stereocenters. The fourth-order valence-corrected chi connectivity index (χ4v) is 1.03. The Morgan fingerprint density at radius 2 is 2.17 bits per heavy atom. The van der Waals surface area contributed by atoms with Gasteiger partial charge in [0.05, 0.1) is 0 Å². The molecule has 0 aliphatic carbocycles. The molecule has 0 bridgehead atoms. The zero-order chi connectivity index (χ0) is 9.14. The SMILES string of the molecule is Cc1cc(F)c(O)c(CNO)c1. The highest BCUT2D eigenvalue weighted by Gasteiger charge is 2.06. The van der Waals surface area contributed by atoms with E-state index in [0.717, 1.165) is 0 Å². The molecule has 3 nitrogen and oxygen atoms in total. The minimum atomic E-state index is -0.666. The van der Waals surface area contributed by atoms with Crippen molar-refractivity contribution in [3.63, 3.8) is 0 Å². The lowest BCUT2D eigenvalue weighted by Gasteiger charge is -2.05. The van der Waals surface area contributed by atoms with Gasteiger partial charge in [-0.3, -0.25) is 0 Å². The van der Waals surface area contributed by atoms with Crippen LogP contribution in [0.1, 0.15) is 11.1 Å². The fourth-order valence-electron chi connectivity index (χ4n) is 1.03. The largest absolute Gasteiger partial charge is 0.505 e. The number of benzene rings is 1. The van der Waals surface area contributed by atoms with E-state index in [1.807, 2.05) is 5.48 Å². The number of phenolic OH excluding ortho intramolecular Hbond substituents is 1. The molecule has 0 unspecified atom stereocenters. The number of aromatic hydroxyl groups is 1. The van der Waals surface area contributed by atoms with E-state index in [0.29, 0.717) is 11.1 Å². The summed E-state index contributed by atoms with van der Waals surface area (Å²) in [5.41, 5.74) is 2.90. The van der Waals surface area contributed by atoms with Gasteiger partial charge in [-0.1, -0.05) is 6.07 Å². The number of phenols is 1. The highest BCUT2D eigenvalue weighted by molar-refractivity contribution is 5.36. The molecule has 1 aromatic carbocycles. The van der Waals surface area contributed by atoms with Gasteiger partial charge in [0.15, 0.2) is 11.6 Å². The van der Waals surface area contributed by atoms with E-state index in [2.05, 4.69) is 0 Å². The molecule has 12 heavy (non-hydrogen) atoms. The Hall–Kier alpha value is -1.13. The molecule has 0 spiro atoms. The standard InChI is InChI=1S/C8H10FNO2/c1-5-2-6(4-10-12)8(11)7(9)3-5/h2-3,10-12H,4H2,1H3. The van der Waals surface area contributed by atoms with Crippen LogP contribution in [0.4, 0.5) is 4.39 Å². The Labute approximate surface area is 69.4 Å². The minimum absolute atomic E-state index is 0.0322. The Kier molecular flexibility index (Phi) is 2.62. The molecule has 1 aromatic rings.